The van der Waals surface area contributed by atoms with Crippen molar-refractivity contribution in [1.29, 1.82) is 0 Å². The molecule has 10 rings (SSSR count). The Morgan fingerprint density at radius 2 is 1.43 bits per heavy atom. The van der Waals surface area contributed by atoms with Gasteiger partial charge in [-0.15, -0.1) is 0 Å². The molecule has 4 aromatic heterocycles. The molecular formula is C53H49FN6. The number of halogens is 1. The second-order valence-corrected chi connectivity index (χ2v) is 17.5. The summed E-state index contributed by atoms with van der Waals surface area (Å²) in [5.41, 5.74) is 19.9. The number of benzene rings is 3. The molecule has 0 amide bonds. The Hall–Kier alpha value is -6.34. The molecule has 2 atom stereocenters. The Balaban J connectivity index is 0.974. The zero-order valence-corrected chi connectivity index (χ0v) is 35.4. The zero-order valence-electron chi connectivity index (χ0n) is 35.4. The van der Waals surface area contributed by atoms with E-state index >= 15 is 4.39 Å². The Kier molecular flexibility index (Phi) is 9.31. The number of aliphatic imine (C=N–C) groups is 1. The lowest BCUT2D eigenvalue weighted by atomic mass is 9.83. The smallest absolute Gasteiger partial charge is 0.151 e. The van der Waals surface area contributed by atoms with Gasteiger partial charge in [0.05, 0.1) is 34.5 Å². The molecule has 0 bridgehead atoms. The van der Waals surface area contributed by atoms with E-state index in [1.165, 1.54) is 28.0 Å². The second kappa shape index (κ2) is 14.7. The van der Waals surface area contributed by atoms with Crippen molar-refractivity contribution >= 4 is 33.6 Å². The van der Waals surface area contributed by atoms with Gasteiger partial charge in [-0.2, -0.15) is 0 Å². The average Bonchev–Trinajstić information content (AvgIpc) is 4.01. The van der Waals surface area contributed by atoms with Crippen molar-refractivity contribution in [1.82, 2.24) is 24.5 Å². The minimum Gasteiger partial charge on any atom is -0.326 e. The first-order valence-electron chi connectivity index (χ1n) is 21.3. The summed E-state index contributed by atoms with van der Waals surface area (Å²) in [7, 11) is 0. The van der Waals surface area contributed by atoms with Crippen LogP contribution in [-0.4, -0.2) is 30.2 Å². The molecule has 0 fully saturated rings. The topological polar surface area (TPSA) is 68.8 Å². The maximum absolute atomic E-state index is 16.0. The highest BCUT2D eigenvalue weighted by atomic mass is 19.1. The third-order valence-corrected chi connectivity index (χ3v) is 12.9. The van der Waals surface area contributed by atoms with Gasteiger partial charge in [0.25, 0.3) is 0 Å². The molecule has 0 radical (unpaired) electrons. The first kappa shape index (κ1) is 37.9. The molecule has 0 saturated heterocycles. The van der Waals surface area contributed by atoms with Crippen LogP contribution in [0.15, 0.2) is 115 Å². The molecule has 7 aromatic rings. The molecule has 5 heterocycles. The van der Waals surface area contributed by atoms with Crippen LogP contribution in [0.1, 0.15) is 115 Å². The molecule has 0 N–H and O–H groups in total. The van der Waals surface area contributed by atoms with Gasteiger partial charge in [-0.25, -0.2) is 9.37 Å². The summed E-state index contributed by atoms with van der Waals surface area (Å²) in [5, 5.41) is 0. The van der Waals surface area contributed by atoms with Crippen LogP contribution in [0.3, 0.4) is 0 Å². The van der Waals surface area contributed by atoms with Crippen molar-refractivity contribution in [3.63, 3.8) is 0 Å². The summed E-state index contributed by atoms with van der Waals surface area (Å²) >= 11 is 0. The molecule has 298 valence electrons. The lowest BCUT2D eigenvalue weighted by Gasteiger charge is -2.20. The van der Waals surface area contributed by atoms with Gasteiger partial charge in [-0.1, -0.05) is 74.5 Å². The SMILES string of the molecule is Cc1ccccc1-c1cnc2c(c1)C(c1cc3c(cn1)N=C(CCC1C=C(c4cc(F)c5nc(C)n(C(C)C)c5c4)c4cc(-c5ccccc5C)cnc41)C3C(C)C)=CC2. The maximum Gasteiger partial charge on any atom is 0.151 e. The fraction of sp³-hybridized carbons (Fsp3) is 0.264. The van der Waals surface area contributed by atoms with Gasteiger partial charge >= 0.3 is 0 Å². The van der Waals surface area contributed by atoms with Crippen molar-refractivity contribution in [2.75, 3.05) is 0 Å². The van der Waals surface area contributed by atoms with E-state index in [0.29, 0.717) is 11.4 Å². The number of nitrogens with zero attached hydrogens (tertiary/aromatic N) is 6. The van der Waals surface area contributed by atoms with Gasteiger partial charge in [0.15, 0.2) is 5.82 Å². The van der Waals surface area contributed by atoms with Gasteiger partial charge in [0, 0.05) is 70.2 Å². The molecular weight excluding hydrogens is 740 g/mol. The number of allylic oxidation sites excluding steroid dienone is 2. The van der Waals surface area contributed by atoms with Crippen molar-refractivity contribution in [3.05, 3.63) is 172 Å². The lowest BCUT2D eigenvalue weighted by Crippen LogP contribution is -2.16. The number of fused-ring (bicyclic) bond motifs is 4. The third-order valence-electron chi connectivity index (χ3n) is 12.9. The lowest BCUT2D eigenvalue weighted by molar-refractivity contribution is 0.597. The molecule has 0 saturated carbocycles. The monoisotopic (exact) mass is 788 g/mol. The number of hydrogen-bond donors (Lipinski definition) is 0. The van der Waals surface area contributed by atoms with E-state index in [-0.39, 0.29) is 23.7 Å². The minimum atomic E-state index is -0.301. The van der Waals surface area contributed by atoms with Crippen molar-refractivity contribution in [3.8, 4) is 22.3 Å². The molecule has 6 nitrogen and oxygen atoms in total. The summed E-state index contributed by atoms with van der Waals surface area (Å²) in [5.74, 6) is 1.08. The van der Waals surface area contributed by atoms with E-state index in [1.807, 2.05) is 25.5 Å². The fourth-order valence-electron chi connectivity index (χ4n) is 10.0. The molecule has 1 aliphatic heterocycles. The van der Waals surface area contributed by atoms with Crippen molar-refractivity contribution in [2.24, 2.45) is 10.9 Å². The Morgan fingerprint density at radius 1 is 0.733 bits per heavy atom. The van der Waals surface area contributed by atoms with Gasteiger partial charge < -0.3 is 4.57 Å². The molecule has 2 unspecified atom stereocenters. The van der Waals surface area contributed by atoms with Crippen LogP contribution in [0, 0.1) is 32.5 Å². The van der Waals surface area contributed by atoms with Gasteiger partial charge in [0.2, 0.25) is 0 Å². The van der Waals surface area contributed by atoms with E-state index in [9.17, 15) is 0 Å². The Labute approximate surface area is 351 Å². The predicted octanol–water partition coefficient (Wildman–Crippen LogP) is 13.0. The number of rotatable bonds is 9. The van der Waals surface area contributed by atoms with Crippen molar-refractivity contribution < 1.29 is 4.39 Å². The summed E-state index contributed by atoms with van der Waals surface area (Å²) in [6, 6.07) is 27.6. The average molecular weight is 789 g/mol. The largest absolute Gasteiger partial charge is 0.326 e. The van der Waals surface area contributed by atoms with E-state index in [0.717, 1.165) is 97.9 Å². The quantitative estimate of drug-likeness (QED) is 0.146. The highest BCUT2D eigenvalue weighted by molar-refractivity contribution is 5.99. The molecule has 60 heavy (non-hydrogen) atoms. The zero-order chi connectivity index (χ0) is 41.4. The predicted molar refractivity (Wildman–Crippen MR) is 242 cm³/mol. The number of hydrogen-bond acceptors (Lipinski definition) is 5. The van der Waals surface area contributed by atoms with E-state index in [2.05, 4.69) is 136 Å². The molecule has 0 spiro atoms. The normalized spacial score (nSPS) is 16.7. The third kappa shape index (κ3) is 6.34. The van der Waals surface area contributed by atoms with Crippen LogP contribution < -0.4 is 0 Å². The second-order valence-electron chi connectivity index (χ2n) is 17.5. The number of aromatic nitrogens is 5. The van der Waals surface area contributed by atoms with Crippen LogP contribution in [0.2, 0.25) is 0 Å². The molecule has 2 aliphatic carbocycles. The van der Waals surface area contributed by atoms with Crippen LogP contribution in [0.25, 0.3) is 44.4 Å². The highest BCUT2D eigenvalue weighted by Gasteiger charge is 2.34. The number of pyridine rings is 3. The Bertz CT molecular complexity index is 2980. The first-order chi connectivity index (χ1) is 29.0. The Morgan fingerprint density at radius 3 is 2.13 bits per heavy atom. The van der Waals surface area contributed by atoms with Crippen LogP contribution >= 0.6 is 0 Å². The van der Waals surface area contributed by atoms with Crippen molar-refractivity contribution in [2.45, 2.75) is 85.6 Å². The van der Waals surface area contributed by atoms with Crippen LogP contribution in [0.4, 0.5) is 10.1 Å². The van der Waals surface area contributed by atoms with E-state index < -0.39 is 0 Å². The summed E-state index contributed by atoms with van der Waals surface area (Å²) in [6.45, 7) is 15.1. The van der Waals surface area contributed by atoms with Gasteiger partial charge in [-0.3, -0.25) is 19.9 Å². The van der Waals surface area contributed by atoms with Gasteiger partial charge in [0.1, 0.15) is 11.3 Å². The first-order valence-corrected chi connectivity index (χ1v) is 21.3. The summed E-state index contributed by atoms with van der Waals surface area (Å²) in [6.07, 6.45) is 13.0. The number of aryl methyl sites for hydroxylation is 3. The standard InChI is InChI=1S/C53H49FN6/c1-29(2)51-44-25-48(40-17-19-46-42(40)21-36(26-55-46)38-14-10-8-12-31(38)5)56-28-49(44)59-47(51)18-16-34-20-41(35-23-45(54)53-50(24-35)60(30(3)4)33(7)58-53)43-22-37(27-57-52(34)43)39-15-11-9-13-32(39)6/h8-15,17,20-30,34,51H,16,18-19H2,1-7H3. The van der Waals surface area contributed by atoms with Crippen LogP contribution in [0.5, 0.6) is 0 Å². The van der Waals surface area contributed by atoms with Crippen LogP contribution in [-0.2, 0) is 6.42 Å². The number of imidazole rings is 1. The van der Waals surface area contributed by atoms with Gasteiger partial charge in [-0.05, 0) is 123 Å². The summed E-state index contributed by atoms with van der Waals surface area (Å²) < 4.78 is 18.1. The maximum atomic E-state index is 16.0. The van der Waals surface area contributed by atoms with E-state index in [1.54, 1.807) is 6.07 Å². The molecule has 3 aliphatic rings. The molecule has 7 heteroatoms. The molecule has 3 aromatic carbocycles. The highest BCUT2D eigenvalue weighted by Crippen LogP contribution is 2.47. The summed E-state index contributed by atoms with van der Waals surface area (Å²) in [4.78, 5) is 25.0. The fourth-order valence-corrected chi connectivity index (χ4v) is 10.0. The van der Waals surface area contributed by atoms with E-state index in [4.69, 9.17) is 19.9 Å². The minimum absolute atomic E-state index is 0.0411.